The molecule has 0 bridgehead atoms. The molecule has 1 heterocycles. The molecule has 1 rings (SSSR count). The Bertz CT molecular complexity index is 227. The minimum absolute atomic E-state index is 0.412. The molecule has 0 aliphatic carbocycles. The van der Waals surface area contributed by atoms with Gasteiger partial charge in [0, 0.05) is 18.3 Å². The topological polar surface area (TPSA) is 17.8 Å². The predicted octanol–water partition coefficient (Wildman–Crippen LogP) is 2.57. The second kappa shape index (κ2) is 3.59. The van der Waals surface area contributed by atoms with Crippen molar-refractivity contribution >= 4 is 27.5 Å². The molecule has 62 valence electrons. The van der Waals surface area contributed by atoms with Crippen molar-refractivity contribution < 1.29 is 0 Å². The highest BCUT2D eigenvalue weighted by Gasteiger charge is 2.12. The van der Waals surface area contributed by atoms with E-state index in [1.54, 1.807) is 6.33 Å². The van der Waals surface area contributed by atoms with Crippen LogP contribution in [0.15, 0.2) is 6.33 Å². The lowest BCUT2D eigenvalue weighted by Crippen LogP contribution is -2.01. The van der Waals surface area contributed by atoms with Gasteiger partial charge >= 0.3 is 0 Å². The summed E-state index contributed by atoms with van der Waals surface area (Å²) in [5, 5.41) is 1.52. The van der Waals surface area contributed by atoms with Crippen LogP contribution in [0.3, 0.4) is 0 Å². The van der Waals surface area contributed by atoms with E-state index in [1.165, 1.54) is 0 Å². The van der Waals surface area contributed by atoms with E-state index in [0.717, 1.165) is 11.0 Å². The van der Waals surface area contributed by atoms with E-state index in [4.69, 9.17) is 11.6 Å². The van der Waals surface area contributed by atoms with Gasteiger partial charge in [-0.05, 0) is 0 Å². The monoisotopic (exact) mass is 236 g/mol. The average molecular weight is 238 g/mol. The number of alkyl halides is 1. The zero-order valence-corrected chi connectivity index (χ0v) is 8.85. The predicted molar refractivity (Wildman–Crippen MR) is 50.4 cm³/mol. The number of aromatic nitrogens is 2. The van der Waals surface area contributed by atoms with Crippen LogP contribution in [0.5, 0.6) is 0 Å². The Balaban J connectivity index is 3.00. The highest BCUT2D eigenvalue weighted by Crippen LogP contribution is 2.23. The van der Waals surface area contributed by atoms with E-state index in [9.17, 15) is 0 Å². The number of halogens is 2. The lowest BCUT2D eigenvalue weighted by atomic mass is 10.1. The third kappa shape index (κ3) is 1.76. The third-order valence-corrected chi connectivity index (χ3v) is 2.90. The van der Waals surface area contributed by atoms with Crippen molar-refractivity contribution in [3.8, 4) is 0 Å². The van der Waals surface area contributed by atoms with E-state index in [0.29, 0.717) is 11.1 Å². The molecule has 11 heavy (non-hydrogen) atoms. The van der Waals surface area contributed by atoms with Gasteiger partial charge in [-0.25, -0.2) is 4.98 Å². The van der Waals surface area contributed by atoms with Crippen LogP contribution >= 0.6 is 27.5 Å². The molecule has 1 aromatic rings. The average Bonchev–Trinajstić information content (AvgIpc) is 2.30. The van der Waals surface area contributed by atoms with Gasteiger partial charge < -0.3 is 4.57 Å². The molecule has 0 saturated heterocycles. The Hall–Kier alpha value is -0.0200. The first-order valence-electron chi connectivity index (χ1n) is 3.39. The minimum atomic E-state index is 0.412. The number of aryl methyl sites for hydroxylation is 1. The maximum absolute atomic E-state index is 5.87. The van der Waals surface area contributed by atoms with Gasteiger partial charge in [0.2, 0.25) is 0 Å². The summed E-state index contributed by atoms with van der Waals surface area (Å²) in [6, 6.07) is 0. The molecule has 1 aromatic heterocycles. The summed E-state index contributed by atoms with van der Waals surface area (Å²) in [5.41, 5.74) is 1.09. The van der Waals surface area contributed by atoms with Crippen LogP contribution in [0.1, 0.15) is 18.5 Å². The highest BCUT2D eigenvalue weighted by atomic mass is 79.9. The van der Waals surface area contributed by atoms with E-state index < -0.39 is 0 Å². The standard InChI is InChI=1S/C7H10BrClN2/c1-5(3-8)6-7(9)10-4-11(6)2/h4-5H,3H2,1-2H3. The zero-order chi connectivity index (χ0) is 8.43. The van der Waals surface area contributed by atoms with E-state index >= 15 is 0 Å². The smallest absolute Gasteiger partial charge is 0.150 e. The molecule has 0 aliphatic heterocycles. The Kier molecular flexibility index (Phi) is 2.96. The molecule has 0 amide bonds. The first-order chi connectivity index (χ1) is 5.16. The maximum atomic E-state index is 5.87. The van der Waals surface area contributed by atoms with E-state index in [1.807, 2.05) is 11.6 Å². The van der Waals surface area contributed by atoms with Crippen molar-refractivity contribution in [3.63, 3.8) is 0 Å². The Morgan fingerprint density at radius 3 is 2.82 bits per heavy atom. The fraction of sp³-hybridized carbons (Fsp3) is 0.571. The number of imidazole rings is 1. The van der Waals surface area contributed by atoms with Crippen molar-refractivity contribution in [1.82, 2.24) is 9.55 Å². The lowest BCUT2D eigenvalue weighted by Gasteiger charge is -2.08. The molecule has 0 aromatic carbocycles. The summed E-state index contributed by atoms with van der Waals surface area (Å²) < 4.78 is 1.95. The largest absolute Gasteiger partial charge is 0.336 e. The van der Waals surface area contributed by atoms with Crippen molar-refractivity contribution in [2.24, 2.45) is 7.05 Å². The molecule has 0 aliphatic rings. The summed E-state index contributed by atoms with van der Waals surface area (Å²) in [7, 11) is 1.95. The first-order valence-corrected chi connectivity index (χ1v) is 4.89. The summed E-state index contributed by atoms with van der Waals surface area (Å²) in [4.78, 5) is 3.99. The molecule has 0 spiro atoms. The van der Waals surface area contributed by atoms with Crippen LogP contribution in [0, 0.1) is 0 Å². The van der Waals surface area contributed by atoms with Gasteiger partial charge in [-0.15, -0.1) is 0 Å². The SMILES string of the molecule is CC(CBr)c1c(Cl)ncn1C. The Morgan fingerprint density at radius 2 is 2.45 bits per heavy atom. The van der Waals surface area contributed by atoms with Crippen molar-refractivity contribution in [2.75, 3.05) is 5.33 Å². The molecule has 4 heteroatoms. The van der Waals surface area contributed by atoms with Crippen LogP contribution in [0.2, 0.25) is 5.15 Å². The minimum Gasteiger partial charge on any atom is -0.336 e. The zero-order valence-electron chi connectivity index (χ0n) is 6.51. The third-order valence-electron chi connectivity index (χ3n) is 1.63. The Labute approximate surface area is 79.7 Å². The van der Waals surface area contributed by atoms with Crippen LogP contribution in [0.4, 0.5) is 0 Å². The first kappa shape index (κ1) is 9.07. The second-order valence-corrected chi connectivity index (χ2v) is 3.59. The molecule has 0 fully saturated rings. The highest BCUT2D eigenvalue weighted by molar-refractivity contribution is 9.09. The quantitative estimate of drug-likeness (QED) is 0.723. The van der Waals surface area contributed by atoms with Crippen LogP contribution < -0.4 is 0 Å². The van der Waals surface area contributed by atoms with Gasteiger partial charge in [0.15, 0.2) is 5.15 Å². The fourth-order valence-electron chi connectivity index (χ4n) is 1.04. The van der Waals surface area contributed by atoms with Gasteiger partial charge in [0.1, 0.15) is 0 Å². The molecular formula is C7H10BrClN2. The Morgan fingerprint density at radius 1 is 1.82 bits per heavy atom. The van der Waals surface area contributed by atoms with Crippen molar-refractivity contribution in [2.45, 2.75) is 12.8 Å². The number of nitrogens with zero attached hydrogens (tertiary/aromatic N) is 2. The van der Waals surface area contributed by atoms with Crippen molar-refractivity contribution in [3.05, 3.63) is 17.2 Å². The molecule has 1 unspecified atom stereocenters. The van der Waals surface area contributed by atoms with Crippen molar-refractivity contribution in [1.29, 1.82) is 0 Å². The van der Waals surface area contributed by atoms with Crippen LogP contribution in [-0.2, 0) is 7.05 Å². The van der Waals surface area contributed by atoms with E-state index in [-0.39, 0.29) is 0 Å². The van der Waals surface area contributed by atoms with Crippen LogP contribution in [-0.4, -0.2) is 14.9 Å². The van der Waals surface area contributed by atoms with Gasteiger partial charge in [-0.1, -0.05) is 34.5 Å². The number of hydrogen-bond acceptors (Lipinski definition) is 1. The number of rotatable bonds is 2. The van der Waals surface area contributed by atoms with Gasteiger partial charge in [-0.3, -0.25) is 0 Å². The summed E-state index contributed by atoms with van der Waals surface area (Å²) in [6.07, 6.45) is 1.73. The van der Waals surface area contributed by atoms with Gasteiger partial charge in [0.05, 0.1) is 12.0 Å². The number of hydrogen-bond donors (Lipinski definition) is 0. The van der Waals surface area contributed by atoms with Gasteiger partial charge in [-0.2, -0.15) is 0 Å². The molecular weight excluding hydrogens is 227 g/mol. The maximum Gasteiger partial charge on any atom is 0.150 e. The van der Waals surface area contributed by atoms with Crippen LogP contribution in [0.25, 0.3) is 0 Å². The normalized spacial score (nSPS) is 13.5. The summed E-state index contributed by atoms with van der Waals surface area (Å²) in [6.45, 7) is 2.11. The molecule has 0 N–H and O–H groups in total. The molecule has 2 nitrogen and oxygen atoms in total. The molecule has 1 atom stereocenters. The summed E-state index contributed by atoms with van der Waals surface area (Å²) in [5.74, 6) is 0.412. The second-order valence-electron chi connectivity index (χ2n) is 2.59. The molecule has 0 radical (unpaired) electrons. The lowest BCUT2D eigenvalue weighted by molar-refractivity contribution is 0.751. The fourth-order valence-corrected chi connectivity index (χ4v) is 1.71. The van der Waals surface area contributed by atoms with Gasteiger partial charge in [0.25, 0.3) is 0 Å². The van der Waals surface area contributed by atoms with E-state index in [2.05, 4.69) is 27.8 Å². The summed E-state index contributed by atoms with van der Waals surface area (Å²) >= 11 is 9.27. The molecule has 0 saturated carbocycles.